The Balaban J connectivity index is 1.21. The third kappa shape index (κ3) is 12.0. The summed E-state index contributed by atoms with van der Waals surface area (Å²) in [7, 11) is 0. The molecule has 0 saturated carbocycles. The van der Waals surface area contributed by atoms with Crippen LogP contribution >= 0.6 is 68.0 Å². The Kier molecular flexibility index (Phi) is 20.3. The molecule has 9 rings (SSSR count). The van der Waals surface area contributed by atoms with E-state index in [2.05, 4.69) is 134 Å². The van der Waals surface area contributed by atoms with Gasteiger partial charge in [-0.1, -0.05) is 157 Å². The van der Waals surface area contributed by atoms with E-state index < -0.39 is 0 Å². The highest BCUT2D eigenvalue weighted by Crippen LogP contribution is 2.52. The van der Waals surface area contributed by atoms with E-state index in [0.29, 0.717) is 0 Å². The van der Waals surface area contributed by atoms with Crippen molar-refractivity contribution in [1.29, 1.82) is 0 Å². The van der Waals surface area contributed by atoms with Crippen LogP contribution in [0.4, 0.5) is 0 Å². The van der Waals surface area contributed by atoms with Gasteiger partial charge in [0.1, 0.15) is 0 Å². The monoisotopic (exact) mass is 1070 g/mol. The first-order valence-electron chi connectivity index (χ1n) is 29.4. The van der Waals surface area contributed by atoms with Crippen molar-refractivity contribution in [2.75, 3.05) is 0 Å². The Morgan fingerprint density at radius 1 is 0.250 bits per heavy atom. The molecule has 9 aromatic rings. The van der Waals surface area contributed by atoms with E-state index in [1.807, 2.05) is 22.7 Å². The van der Waals surface area contributed by atoms with E-state index in [0.717, 1.165) is 0 Å². The number of hydrogen-bond acceptors (Lipinski definition) is 6. The van der Waals surface area contributed by atoms with Crippen molar-refractivity contribution < 1.29 is 0 Å². The van der Waals surface area contributed by atoms with Gasteiger partial charge < -0.3 is 0 Å². The first-order chi connectivity index (χ1) is 35.5. The summed E-state index contributed by atoms with van der Waals surface area (Å²) in [6, 6.07) is 15.5. The second kappa shape index (κ2) is 27.0. The van der Waals surface area contributed by atoms with Gasteiger partial charge in [0.05, 0.1) is 0 Å². The second-order valence-electron chi connectivity index (χ2n) is 21.5. The number of hydrogen-bond donors (Lipinski definition) is 0. The van der Waals surface area contributed by atoms with Gasteiger partial charge in [-0.15, -0.1) is 68.0 Å². The summed E-state index contributed by atoms with van der Waals surface area (Å²) in [5.74, 6) is 0. The highest BCUT2D eigenvalue weighted by atomic mass is 32.1. The molecular weight excluding hydrogens is 985 g/mol. The largest absolute Gasteiger partial charge is 0.143 e. The fraction of sp³-hybridized carbons (Fsp3) is 0.545. The van der Waals surface area contributed by atoms with Crippen molar-refractivity contribution in [1.82, 2.24) is 0 Å². The van der Waals surface area contributed by atoms with Gasteiger partial charge in [0.2, 0.25) is 0 Å². The molecule has 0 aliphatic carbocycles. The number of aryl methyl sites for hydroxylation is 6. The van der Waals surface area contributed by atoms with Gasteiger partial charge in [0.15, 0.2) is 0 Å². The van der Waals surface area contributed by atoms with Crippen LogP contribution in [0.3, 0.4) is 0 Å². The van der Waals surface area contributed by atoms with E-state index in [1.54, 1.807) is 61.6 Å². The van der Waals surface area contributed by atoms with E-state index in [9.17, 15) is 0 Å². The van der Waals surface area contributed by atoms with Crippen molar-refractivity contribution in [3.63, 3.8) is 0 Å². The zero-order valence-electron chi connectivity index (χ0n) is 45.3. The summed E-state index contributed by atoms with van der Waals surface area (Å²) in [5.41, 5.74) is 10.1. The molecule has 386 valence electrons. The molecule has 0 nitrogen and oxygen atoms in total. The molecule has 0 fully saturated rings. The van der Waals surface area contributed by atoms with Crippen molar-refractivity contribution in [3.8, 4) is 19.5 Å². The standard InChI is InChI=1S/C66H86S6/c1-7-13-19-25-31-45-47(33-27-21-15-9-3)63-53(51-37-39-67-61(45)51)41-57(69-63)59-43-55-56-44-60(72-66(56)50(36-30-24-18-12-6)49(65(55)71-59)35-29-23-17-11-5)58-42-54-52-38-40-68-62(52)46(32-26-20-14-8-2)48(64(54)70-58)34-28-22-16-10-4/h37-44H,7-36H2,1-6H3. The minimum Gasteiger partial charge on any atom is -0.143 e. The number of thiophene rings is 6. The summed E-state index contributed by atoms with van der Waals surface area (Å²) in [4.78, 5) is 5.96. The van der Waals surface area contributed by atoms with Crippen LogP contribution in [-0.4, -0.2) is 0 Å². The topological polar surface area (TPSA) is 0 Å². The van der Waals surface area contributed by atoms with Crippen LogP contribution in [0.5, 0.6) is 0 Å². The molecule has 0 bridgehead atoms. The first kappa shape index (κ1) is 54.2. The number of fused-ring (bicyclic) bond motifs is 9. The molecule has 0 aliphatic heterocycles. The molecule has 72 heavy (non-hydrogen) atoms. The van der Waals surface area contributed by atoms with Crippen LogP contribution < -0.4 is 0 Å². The molecule has 0 spiro atoms. The smallest absolute Gasteiger partial charge is 0.0455 e. The number of rotatable bonds is 32. The van der Waals surface area contributed by atoms with E-state index in [-0.39, 0.29) is 0 Å². The maximum absolute atomic E-state index is 2.68. The van der Waals surface area contributed by atoms with E-state index in [1.165, 1.54) is 244 Å². The fourth-order valence-electron chi connectivity index (χ4n) is 12.0. The van der Waals surface area contributed by atoms with Crippen LogP contribution in [0.2, 0.25) is 0 Å². The molecular formula is C66H86S6. The summed E-state index contributed by atoms with van der Waals surface area (Å²) in [5, 5.41) is 13.9. The normalized spacial score (nSPS) is 12.3. The Hall–Kier alpha value is -2.58. The molecule has 0 radical (unpaired) electrons. The Morgan fingerprint density at radius 2 is 0.472 bits per heavy atom. The van der Waals surface area contributed by atoms with Crippen LogP contribution in [0.15, 0.2) is 47.2 Å². The van der Waals surface area contributed by atoms with Crippen molar-refractivity contribution in [2.45, 2.75) is 234 Å². The predicted molar refractivity (Wildman–Crippen MR) is 337 cm³/mol. The highest BCUT2D eigenvalue weighted by Gasteiger charge is 2.25. The van der Waals surface area contributed by atoms with Crippen LogP contribution in [-0.2, 0) is 38.5 Å². The molecule has 0 aliphatic rings. The minimum absolute atomic E-state index is 1.20. The summed E-state index contributed by atoms with van der Waals surface area (Å²) < 4.78 is 9.52. The van der Waals surface area contributed by atoms with Gasteiger partial charge in [-0.2, -0.15) is 0 Å². The highest BCUT2D eigenvalue weighted by molar-refractivity contribution is 7.30. The first-order valence-corrected chi connectivity index (χ1v) is 34.5. The Labute approximate surface area is 459 Å². The predicted octanol–water partition coefficient (Wildman–Crippen LogP) is 25.0. The van der Waals surface area contributed by atoms with Crippen LogP contribution in [0.1, 0.15) is 229 Å². The zero-order chi connectivity index (χ0) is 49.8. The summed E-state index contributed by atoms with van der Waals surface area (Å²) in [6.45, 7) is 14.1. The van der Waals surface area contributed by atoms with E-state index >= 15 is 0 Å². The average molecular weight is 1070 g/mol. The molecule has 6 aromatic heterocycles. The Bertz CT molecular complexity index is 2920. The average Bonchev–Trinajstić information content (AvgIpc) is 4.26. The molecule has 6 heteroatoms. The van der Waals surface area contributed by atoms with Crippen molar-refractivity contribution in [3.05, 3.63) is 80.5 Å². The quantitative estimate of drug-likeness (QED) is 0.0369. The second-order valence-corrected chi connectivity index (χ2v) is 27.5. The third-order valence-corrected chi connectivity index (χ3v) is 23.2. The number of benzene rings is 3. The molecule has 0 saturated heterocycles. The summed E-state index contributed by atoms with van der Waals surface area (Å²) >= 11 is 12.6. The zero-order valence-corrected chi connectivity index (χ0v) is 50.2. The van der Waals surface area contributed by atoms with Gasteiger partial charge in [0, 0.05) is 80.0 Å². The van der Waals surface area contributed by atoms with Gasteiger partial charge in [0.25, 0.3) is 0 Å². The van der Waals surface area contributed by atoms with Crippen LogP contribution in [0, 0.1) is 0 Å². The fourth-order valence-corrected chi connectivity index (χ4v) is 19.3. The van der Waals surface area contributed by atoms with E-state index in [4.69, 9.17) is 0 Å². The van der Waals surface area contributed by atoms with Gasteiger partial charge >= 0.3 is 0 Å². The van der Waals surface area contributed by atoms with Crippen molar-refractivity contribution >= 4 is 129 Å². The SMILES string of the molecule is CCCCCCc1c(CCCCCC)c2sc(-c3cc4c(s3)c(CCCCCC)c(CCCCCC)c3sc(-c5cc6c(s5)c(CCCCCC)c(CCCCCC)c5sccc56)cc34)cc2c2ccsc12. The Morgan fingerprint density at radius 3 is 0.708 bits per heavy atom. The molecule has 3 aromatic carbocycles. The lowest BCUT2D eigenvalue weighted by atomic mass is 9.93. The van der Waals surface area contributed by atoms with Gasteiger partial charge in [-0.25, -0.2) is 0 Å². The maximum atomic E-state index is 2.68. The maximum Gasteiger partial charge on any atom is 0.0455 e. The molecule has 0 amide bonds. The number of unbranched alkanes of at least 4 members (excludes halogenated alkanes) is 18. The van der Waals surface area contributed by atoms with Gasteiger partial charge in [-0.3, -0.25) is 0 Å². The lowest BCUT2D eigenvalue weighted by molar-refractivity contribution is 0.654. The molecule has 0 unspecified atom stereocenters. The van der Waals surface area contributed by atoms with Crippen LogP contribution in [0.25, 0.3) is 80.0 Å². The molecule has 6 heterocycles. The lowest BCUT2D eigenvalue weighted by Crippen LogP contribution is -1.97. The lowest BCUT2D eigenvalue weighted by Gasteiger charge is -2.14. The molecule has 0 atom stereocenters. The van der Waals surface area contributed by atoms with Crippen molar-refractivity contribution in [2.24, 2.45) is 0 Å². The summed E-state index contributed by atoms with van der Waals surface area (Å²) in [6.07, 6.45) is 38.9. The minimum atomic E-state index is 1.20. The van der Waals surface area contributed by atoms with Gasteiger partial charge in [-0.05, 0) is 158 Å². The molecule has 0 N–H and O–H groups in total. The third-order valence-electron chi connectivity index (χ3n) is 16.0.